The average molecular weight is 676 g/mol. The van der Waals surface area contributed by atoms with Crippen molar-refractivity contribution in [2.24, 2.45) is 0 Å². The predicted octanol–water partition coefficient (Wildman–Crippen LogP) is 2.03. The number of non-ortho nitro benzene ring substituents is 1. The number of hydrogen-bond donors (Lipinski definition) is 5. The number of benzene rings is 1. The van der Waals surface area contributed by atoms with Crippen LogP contribution in [0.1, 0.15) is 39.5 Å². The van der Waals surface area contributed by atoms with Gasteiger partial charge in [-0.3, -0.25) is 20.0 Å². The van der Waals surface area contributed by atoms with Crippen molar-refractivity contribution in [2.45, 2.75) is 88.9 Å². The van der Waals surface area contributed by atoms with Crippen LogP contribution < -0.4 is 10.6 Å². The van der Waals surface area contributed by atoms with Gasteiger partial charge in [-0.2, -0.15) is 0 Å². The molecule has 0 saturated carbocycles. The lowest BCUT2D eigenvalue weighted by atomic mass is 10.1. The summed E-state index contributed by atoms with van der Waals surface area (Å²) >= 11 is 0. The second-order valence-corrected chi connectivity index (χ2v) is 17.5. The molecule has 1 fully saturated rings. The van der Waals surface area contributed by atoms with Crippen LogP contribution in [0, 0.1) is 10.1 Å². The highest BCUT2D eigenvalue weighted by Crippen LogP contribution is 2.38. The minimum absolute atomic E-state index is 0.0127. The van der Waals surface area contributed by atoms with E-state index < -0.39 is 68.5 Å². The summed E-state index contributed by atoms with van der Waals surface area (Å²) in [6.45, 7) is 11.3. The number of anilines is 1. The molecule has 2 aromatic heterocycles. The maximum atomic E-state index is 13.4. The summed E-state index contributed by atoms with van der Waals surface area (Å²) < 4.78 is 18.9. The van der Waals surface area contributed by atoms with Gasteiger partial charge in [-0.1, -0.05) is 32.9 Å². The van der Waals surface area contributed by atoms with Crippen LogP contribution in [0.2, 0.25) is 18.1 Å². The van der Waals surface area contributed by atoms with Gasteiger partial charge in [-0.15, -0.1) is 0 Å². The van der Waals surface area contributed by atoms with Crippen molar-refractivity contribution < 1.29 is 43.7 Å². The van der Waals surface area contributed by atoms with Crippen LogP contribution in [-0.4, -0.2) is 104 Å². The van der Waals surface area contributed by atoms with E-state index in [0.717, 1.165) is 11.9 Å². The van der Waals surface area contributed by atoms with Crippen molar-refractivity contribution >= 4 is 43.0 Å². The molecule has 2 amide bonds. The van der Waals surface area contributed by atoms with E-state index in [1.54, 1.807) is 19.1 Å². The molecule has 1 aromatic carbocycles. The standard InChI is InChI=1S/C29H41N7O10Si/c1-16(46-47(5,6)29(2,3)4)20(27(40)44-12-11-17-7-9-18(10-8-17)36(42)43)33-28(41)34-24-21-25(31-14-30-24)35(15-32-21)26-23(39)22(38)19(13-37)45-26/h7-10,14-16,19-20,22-23,26,37-39H,11-13H2,1-6H3,(H2,30,31,33,34,41)/t16-,19-,20+,22-,23-,26-/m1/s1. The Balaban J connectivity index is 1.49. The molecule has 1 saturated heterocycles. The number of carbonyl (C=O) groups excluding carboxylic acids is 2. The van der Waals surface area contributed by atoms with Gasteiger partial charge in [0, 0.05) is 18.6 Å². The van der Waals surface area contributed by atoms with Gasteiger partial charge in [-0.05, 0) is 30.6 Å². The summed E-state index contributed by atoms with van der Waals surface area (Å²) in [4.78, 5) is 49.6. The number of fused-ring (bicyclic) bond motifs is 1. The number of aromatic nitrogens is 4. The number of esters is 1. The Bertz CT molecular complexity index is 1580. The summed E-state index contributed by atoms with van der Waals surface area (Å²) in [5.41, 5.74) is 0.972. The largest absolute Gasteiger partial charge is 0.464 e. The van der Waals surface area contributed by atoms with Gasteiger partial charge in [0.1, 0.15) is 24.6 Å². The third kappa shape index (κ3) is 8.08. The molecule has 6 atom stereocenters. The fraction of sp³-hybridized carbons (Fsp3) is 0.552. The number of nitro benzene ring substituents is 1. The maximum absolute atomic E-state index is 13.4. The Kier molecular flexibility index (Phi) is 10.9. The summed E-state index contributed by atoms with van der Waals surface area (Å²) in [6, 6.07) is 3.85. The van der Waals surface area contributed by atoms with Crippen LogP contribution in [-0.2, 0) is 25.1 Å². The lowest BCUT2D eigenvalue weighted by Gasteiger charge is -2.40. The quantitative estimate of drug-likeness (QED) is 0.0801. The molecular weight excluding hydrogens is 634 g/mol. The number of rotatable bonds is 12. The molecule has 256 valence electrons. The summed E-state index contributed by atoms with van der Waals surface area (Å²) in [7, 11) is -2.40. The van der Waals surface area contributed by atoms with Gasteiger partial charge in [0.2, 0.25) is 0 Å². The van der Waals surface area contributed by atoms with Crippen molar-refractivity contribution in [3.63, 3.8) is 0 Å². The lowest BCUT2D eigenvalue weighted by Crippen LogP contribution is -2.55. The summed E-state index contributed by atoms with van der Waals surface area (Å²) in [6.07, 6.45) is -2.89. The van der Waals surface area contributed by atoms with E-state index in [4.69, 9.17) is 13.9 Å². The monoisotopic (exact) mass is 675 g/mol. The zero-order valence-electron chi connectivity index (χ0n) is 27.0. The van der Waals surface area contributed by atoms with Crippen molar-refractivity contribution in [3.8, 4) is 0 Å². The molecule has 3 aromatic rings. The van der Waals surface area contributed by atoms with Gasteiger partial charge in [0.25, 0.3) is 5.69 Å². The Morgan fingerprint density at radius 3 is 2.43 bits per heavy atom. The fourth-order valence-electron chi connectivity index (χ4n) is 4.75. The molecule has 1 aliphatic heterocycles. The van der Waals surface area contributed by atoms with Gasteiger partial charge < -0.3 is 34.5 Å². The number of hydrogen-bond acceptors (Lipinski definition) is 13. The van der Waals surface area contributed by atoms with E-state index in [0.29, 0.717) is 0 Å². The first-order valence-electron chi connectivity index (χ1n) is 15.0. The molecule has 0 aliphatic carbocycles. The van der Waals surface area contributed by atoms with Crippen molar-refractivity contribution in [2.75, 3.05) is 18.5 Å². The molecule has 0 unspecified atom stereocenters. The molecule has 18 heteroatoms. The third-order valence-corrected chi connectivity index (χ3v) is 13.0. The molecule has 0 radical (unpaired) electrons. The normalized spacial score (nSPS) is 21.3. The number of amides is 2. The van der Waals surface area contributed by atoms with Gasteiger partial charge in [-0.25, -0.2) is 24.5 Å². The molecule has 1 aliphatic rings. The smallest absolute Gasteiger partial charge is 0.331 e. The first-order chi connectivity index (χ1) is 22.0. The van der Waals surface area contributed by atoms with E-state index in [2.05, 4.69) is 25.6 Å². The number of carbonyl (C=O) groups is 2. The lowest BCUT2D eigenvalue weighted by molar-refractivity contribution is -0.384. The van der Waals surface area contributed by atoms with Crippen molar-refractivity contribution in [1.82, 2.24) is 24.8 Å². The third-order valence-electron chi connectivity index (χ3n) is 8.46. The summed E-state index contributed by atoms with van der Waals surface area (Å²) in [5.74, 6) is -0.754. The van der Waals surface area contributed by atoms with Crippen molar-refractivity contribution in [3.05, 3.63) is 52.6 Å². The Morgan fingerprint density at radius 2 is 1.83 bits per heavy atom. The van der Waals surface area contributed by atoms with Gasteiger partial charge >= 0.3 is 12.0 Å². The SMILES string of the molecule is C[C@@H](O[Si](C)(C)C(C)(C)C)[C@H](NC(=O)Nc1ncnc2c1ncn2[C@@H]1O[C@H](CO)[C@@H](O)[C@H]1O)C(=O)OCCc1ccc([N+](=O)[O-])cc1. The van der Waals surface area contributed by atoms with Crippen LogP contribution in [0.5, 0.6) is 0 Å². The number of nitro groups is 1. The second-order valence-electron chi connectivity index (χ2n) is 12.8. The molecule has 17 nitrogen and oxygen atoms in total. The van der Waals surface area contributed by atoms with E-state index >= 15 is 0 Å². The molecular formula is C29H41N7O10Si. The zero-order chi connectivity index (χ0) is 34.7. The molecule has 47 heavy (non-hydrogen) atoms. The Labute approximate surface area is 271 Å². The second kappa shape index (κ2) is 14.4. The Morgan fingerprint density at radius 1 is 1.15 bits per heavy atom. The van der Waals surface area contributed by atoms with Gasteiger partial charge in [0.05, 0.1) is 30.6 Å². The number of imidazole rings is 1. The van der Waals surface area contributed by atoms with Crippen LogP contribution >= 0.6 is 0 Å². The minimum Gasteiger partial charge on any atom is -0.464 e. The number of ether oxygens (including phenoxy) is 2. The van der Waals surface area contributed by atoms with Crippen LogP contribution in [0.15, 0.2) is 36.9 Å². The highest BCUT2D eigenvalue weighted by atomic mass is 28.4. The molecule has 3 heterocycles. The fourth-order valence-corrected chi connectivity index (χ4v) is 6.16. The minimum atomic E-state index is -2.40. The van der Waals surface area contributed by atoms with Crippen LogP contribution in [0.25, 0.3) is 11.2 Å². The highest BCUT2D eigenvalue weighted by Gasteiger charge is 2.44. The van der Waals surface area contributed by atoms with Gasteiger partial charge in [0.15, 0.2) is 37.6 Å². The number of nitrogens with one attached hydrogen (secondary N) is 2. The van der Waals surface area contributed by atoms with E-state index in [1.807, 2.05) is 33.9 Å². The number of aliphatic hydroxyl groups is 3. The topological polar surface area (TPSA) is 233 Å². The highest BCUT2D eigenvalue weighted by molar-refractivity contribution is 6.74. The van der Waals surface area contributed by atoms with E-state index in [1.165, 1.54) is 23.0 Å². The van der Waals surface area contributed by atoms with E-state index in [9.17, 15) is 35.0 Å². The molecule has 0 bridgehead atoms. The van der Waals surface area contributed by atoms with Crippen molar-refractivity contribution in [1.29, 1.82) is 0 Å². The Hall–Kier alpha value is -4.07. The van der Waals surface area contributed by atoms with Crippen LogP contribution in [0.3, 0.4) is 0 Å². The molecule has 5 N–H and O–H groups in total. The maximum Gasteiger partial charge on any atom is 0.331 e. The van der Waals surface area contributed by atoms with Crippen LogP contribution in [0.4, 0.5) is 16.3 Å². The zero-order valence-corrected chi connectivity index (χ0v) is 28.0. The first kappa shape index (κ1) is 35.8. The molecule has 4 rings (SSSR count). The number of nitrogens with zero attached hydrogens (tertiary/aromatic N) is 5. The molecule has 0 spiro atoms. The van der Waals surface area contributed by atoms with E-state index in [-0.39, 0.29) is 40.7 Å². The summed E-state index contributed by atoms with van der Waals surface area (Å²) in [5, 5.41) is 46.0. The first-order valence-corrected chi connectivity index (χ1v) is 17.9. The number of aliphatic hydroxyl groups excluding tert-OH is 3. The predicted molar refractivity (Wildman–Crippen MR) is 170 cm³/mol. The average Bonchev–Trinajstić information content (AvgIpc) is 3.55. The number of urea groups is 1.